The van der Waals surface area contributed by atoms with Gasteiger partial charge >= 0.3 is 7.82 Å². The average molecular weight is 494 g/mol. The summed E-state index contributed by atoms with van der Waals surface area (Å²) < 4.78 is 31.6. The molecule has 0 fully saturated rings. The van der Waals surface area contributed by atoms with Crippen molar-refractivity contribution in [1.82, 2.24) is 0 Å². The average Bonchev–Trinajstić information content (AvgIpc) is 3.31. The third kappa shape index (κ3) is 4.98. The molecule has 1 aliphatic heterocycles. The molecule has 0 aliphatic carbocycles. The van der Waals surface area contributed by atoms with Crippen LogP contribution >= 0.6 is 19.4 Å². The Morgan fingerprint density at radius 2 is 1.38 bits per heavy atom. The third-order valence-corrected chi connectivity index (χ3v) is 7.54. The van der Waals surface area contributed by atoms with E-state index in [4.69, 9.17) is 25.2 Å². The van der Waals surface area contributed by atoms with Crippen molar-refractivity contribution in [2.24, 2.45) is 0 Å². The molecule has 0 spiro atoms. The van der Waals surface area contributed by atoms with E-state index in [1.807, 2.05) is 91.0 Å². The Bertz CT molecular complexity index is 1270. The smallest absolute Gasteiger partial charge is 0.403 e. The number of phosphoric ester groups is 1. The van der Waals surface area contributed by atoms with Crippen LogP contribution in [0.4, 0.5) is 5.69 Å². The number of fused-ring (bicyclic) bond motifs is 3. The third-order valence-electron chi connectivity index (χ3n) is 5.86. The molecule has 34 heavy (non-hydrogen) atoms. The Balaban J connectivity index is 1.48. The molecule has 0 saturated heterocycles. The van der Waals surface area contributed by atoms with Gasteiger partial charge in [-0.05, 0) is 22.1 Å². The molecule has 0 aromatic heterocycles. The summed E-state index contributed by atoms with van der Waals surface area (Å²) in [6.07, 6.45) is 0. The van der Waals surface area contributed by atoms with Crippen LogP contribution in [0, 0.1) is 0 Å². The highest BCUT2D eigenvalue weighted by atomic mass is 35.5. The second-order valence-electron chi connectivity index (χ2n) is 8.17. The largest absolute Gasteiger partial charge is 0.530 e. The Morgan fingerprint density at radius 3 is 1.97 bits per heavy atom. The van der Waals surface area contributed by atoms with Crippen molar-refractivity contribution in [2.75, 3.05) is 17.7 Å². The summed E-state index contributed by atoms with van der Waals surface area (Å²) in [7, 11) is -3.98. The SMILES string of the molecule is O=P(OCc1ccccc1)(OCc1ccccc1)Oc1cc2c(c3ccccc13)[C@H](CCl)CN2. The first-order chi connectivity index (χ1) is 16.6. The first kappa shape index (κ1) is 22.9. The van der Waals surface area contributed by atoms with E-state index in [0.29, 0.717) is 11.6 Å². The number of alkyl halides is 1. The molecule has 4 aromatic carbocycles. The van der Waals surface area contributed by atoms with Crippen molar-refractivity contribution >= 4 is 35.9 Å². The van der Waals surface area contributed by atoms with Gasteiger partial charge in [0.05, 0.1) is 13.2 Å². The molecule has 1 atom stereocenters. The summed E-state index contributed by atoms with van der Waals surface area (Å²) in [6.45, 7) is 0.948. The molecule has 0 saturated carbocycles. The fraction of sp³-hybridized carbons (Fsp3) is 0.185. The van der Waals surface area contributed by atoms with Crippen LogP contribution in [0.15, 0.2) is 91.0 Å². The monoisotopic (exact) mass is 493 g/mol. The molecule has 1 heterocycles. The van der Waals surface area contributed by atoms with Crippen LogP contribution in [0.25, 0.3) is 10.8 Å². The summed E-state index contributed by atoms with van der Waals surface area (Å²) in [5, 5.41) is 5.26. The quantitative estimate of drug-likeness (QED) is 0.193. The van der Waals surface area contributed by atoms with E-state index in [1.165, 1.54) is 0 Å². The van der Waals surface area contributed by atoms with Gasteiger partial charge < -0.3 is 9.84 Å². The maximum absolute atomic E-state index is 13.9. The Labute approximate surface area is 204 Å². The predicted molar refractivity (Wildman–Crippen MR) is 137 cm³/mol. The molecule has 0 bridgehead atoms. The molecule has 0 amide bonds. The van der Waals surface area contributed by atoms with Crippen LogP contribution in [-0.4, -0.2) is 12.4 Å². The summed E-state index contributed by atoms with van der Waals surface area (Å²) >= 11 is 6.23. The van der Waals surface area contributed by atoms with E-state index in [1.54, 1.807) is 0 Å². The maximum Gasteiger partial charge on any atom is 0.530 e. The zero-order valence-electron chi connectivity index (χ0n) is 18.5. The topological polar surface area (TPSA) is 56.8 Å². The van der Waals surface area contributed by atoms with Crippen molar-refractivity contribution in [3.63, 3.8) is 0 Å². The van der Waals surface area contributed by atoms with Gasteiger partial charge in [-0.15, -0.1) is 11.6 Å². The van der Waals surface area contributed by atoms with Crippen LogP contribution in [0.5, 0.6) is 5.75 Å². The molecular weight excluding hydrogens is 469 g/mol. The highest BCUT2D eigenvalue weighted by molar-refractivity contribution is 7.48. The van der Waals surface area contributed by atoms with Crippen LogP contribution in [0.3, 0.4) is 0 Å². The Hall–Kier alpha value is -2.82. The number of phosphoric acid groups is 1. The van der Waals surface area contributed by atoms with Gasteiger partial charge in [0.25, 0.3) is 0 Å². The van der Waals surface area contributed by atoms with E-state index in [0.717, 1.165) is 39.7 Å². The van der Waals surface area contributed by atoms with Gasteiger partial charge in [0.15, 0.2) is 0 Å². The molecule has 0 radical (unpaired) electrons. The molecule has 4 aromatic rings. The molecule has 174 valence electrons. The lowest BCUT2D eigenvalue weighted by Crippen LogP contribution is -2.04. The van der Waals surface area contributed by atoms with Gasteiger partial charge in [0.1, 0.15) is 5.75 Å². The van der Waals surface area contributed by atoms with Crippen molar-refractivity contribution in [3.05, 3.63) is 108 Å². The summed E-state index contributed by atoms with van der Waals surface area (Å²) in [4.78, 5) is 0. The van der Waals surface area contributed by atoms with Gasteiger partial charge in [-0.1, -0.05) is 84.9 Å². The standard InChI is InChI=1S/C27H25ClNO4P/c28-16-22-17-29-25-15-26(23-13-7-8-14-24(23)27(22)25)33-34(30,31-18-20-9-3-1-4-10-20)32-19-21-11-5-2-6-12-21/h1-15,22,29H,16-19H2/t22-/m1/s1. The minimum absolute atomic E-state index is 0.0996. The van der Waals surface area contributed by atoms with Gasteiger partial charge in [0.2, 0.25) is 0 Å². The van der Waals surface area contributed by atoms with E-state index < -0.39 is 7.82 Å². The van der Waals surface area contributed by atoms with Gasteiger partial charge in [-0.3, -0.25) is 9.05 Å². The molecule has 5 rings (SSSR count). The molecule has 7 heteroatoms. The van der Waals surface area contributed by atoms with Gasteiger partial charge in [0, 0.05) is 35.5 Å². The predicted octanol–water partition coefficient (Wildman–Crippen LogP) is 7.51. The summed E-state index contributed by atoms with van der Waals surface area (Å²) in [5.74, 6) is 1.16. The summed E-state index contributed by atoms with van der Waals surface area (Å²) in [6, 6.07) is 28.8. The zero-order valence-corrected chi connectivity index (χ0v) is 20.2. The second-order valence-corrected chi connectivity index (χ2v) is 10.1. The van der Waals surface area contributed by atoms with Gasteiger partial charge in [-0.2, -0.15) is 0 Å². The van der Waals surface area contributed by atoms with Crippen molar-refractivity contribution in [1.29, 1.82) is 0 Å². The van der Waals surface area contributed by atoms with E-state index in [2.05, 4.69) is 5.32 Å². The lowest BCUT2D eigenvalue weighted by molar-refractivity contribution is 0.143. The number of rotatable bonds is 9. The van der Waals surface area contributed by atoms with Crippen molar-refractivity contribution in [3.8, 4) is 5.75 Å². The lowest BCUT2D eigenvalue weighted by atomic mass is 9.95. The first-order valence-electron chi connectivity index (χ1n) is 11.2. The minimum Gasteiger partial charge on any atom is -0.403 e. The van der Waals surface area contributed by atoms with Crippen molar-refractivity contribution in [2.45, 2.75) is 19.1 Å². The number of anilines is 1. The number of halogens is 1. The minimum atomic E-state index is -3.98. The zero-order chi connectivity index (χ0) is 23.4. The van der Waals surface area contributed by atoms with Gasteiger partial charge in [-0.25, -0.2) is 4.57 Å². The summed E-state index contributed by atoms with van der Waals surface area (Å²) in [5.41, 5.74) is 3.83. The number of hydrogen-bond acceptors (Lipinski definition) is 5. The van der Waals surface area contributed by atoms with E-state index in [-0.39, 0.29) is 19.1 Å². The molecule has 1 N–H and O–H groups in total. The maximum atomic E-state index is 13.9. The molecule has 1 aliphatic rings. The lowest BCUT2D eigenvalue weighted by Gasteiger charge is -2.21. The number of hydrogen-bond donors (Lipinski definition) is 1. The highest BCUT2D eigenvalue weighted by Gasteiger charge is 2.32. The normalized spacial score (nSPS) is 15.1. The Morgan fingerprint density at radius 1 is 0.824 bits per heavy atom. The van der Waals surface area contributed by atoms with Crippen LogP contribution < -0.4 is 9.84 Å². The van der Waals surface area contributed by atoms with E-state index >= 15 is 0 Å². The van der Waals surface area contributed by atoms with Crippen molar-refractivity contribution < 1.29 is 18.1 Å². The first-order valence-corrected chi connectivity index (χ1v) is 13.2. The fourth-order valence-electron chi connectivity index (χ4n) is 4.16. The van der Waals surface area contributed by atoms with Crippen LogP contribution in [0.2, 0.25) is 0 Å². The number of benzene rings is 4. The molecule has 0 unspecified atom stereocenters. The molecule has 5 nitrogen and oxygen atoms in total. The van der Waals surface area contributed by atoms with E-state index in [9.17, 15) is 4.57 Å². The Kier molecular flexibility index (Phi) is 6.89. The fourth-order valence-corrected chi connectivity index (χ4v) is 5.61. The number of nitrogens with one attached hydrogen (secondary N) is 1. The van der Waals surface area contributed by atoms with Crippen LogP contribution in [0.1, 0.15) is 22.6 Å². The molecular formula is C27H25ClNO4P. The second kappa shape index (κ2) is 10.2. The van der Waals surface area contributed by atoms with Crippen LogP contribution in [-0.2, 0) is 26.8 Å². The highest BCUT2D eigenvalue weighted by Crippen LogP contribution is 2.54.